The van der Waals surface area contributed by atoms with E-state index in [4.69, 9.17) is 5.11 Å². The van der Waals surface area contributed by atoms with E-state index < -0.39 is 27.6 Å². The molecule has 0 radical (unpaired) electrons. The molecule has 0 atom stereocenters. The Morgan fingerprint density at radius 1 is 1.04 bits per heavy atom. The van der Waals surface area contributed by atoms with E-state index in [0.29, 0.717) is 5.56 Å². The summed E-state index contributed by atoms with van der Waals surface area (Å²) in [6, 6.07) is 8.32. The largest absolute Gasteiger partial charge is 0.481 e. The van der Waals surface area contributed by atoms with E-state index >= 15 is 0 Å². The highest BCUT2D eigenvalue weighted by atomic mass is 32.2. The van der Waals surface area contributed by atoms with Crippen molar-refractivity contribution in [1.82, 2.24) is 0 Å². The molecule has 23 heavy (non-hydrogen) atoms. The third kappa shape index (κ3) is 4.49. The average Bonchev–Trinajstić information content (AvgIpc) is 2.49. The van der Waals surface area contributed by atoms with Crippen LogP contribution in [0.15, 0.2) is 47.4 Å². The Hall–Kier alpha value is -2.48. The SMILES string of the molecule is O=C(O)CCc1ccc(S(=O)(=O)Nc2ccc(F)c(F)c2)cc1. The van der Waals surface area contributed by atoms with Crippen molar-refractivity contribution in [2.24, 2.45) is 0 Å². The van der Waals surface area contributed by atoms with Crippen LogP contribution in [0.2, 0.25) is 0 Å². The van der Waals surface area contributed by atoms with Crippen molar-refractivity contribution in [3.05, 3.63) is 59.7 Å². The zero-order valence-electron chi connectivity index (χ0n) is 11.8. The minimum Gasteiger partial charge on any atom is -0.481 e. The van der Waals surface area contributed by atoms with Gasteiger partial charge in [-0.2, -0.15) is 0 Å². The molecule has 2 N–H and O–H groups in total. The van der Waals surface area contributed by atoms with Crippen LogP contribution in [0.1, 0.15) is 12.0 Å². The second-order valence-corrected chi connectivity index (χ2v) is 6.45. The normalized spacial score (nSPS) is 11.2. The monoisotopic (exact) mass is 341 g/mol. The zero-order chi connectivity index (χ0) is 17.0. The third-order valence-electron chi connectivity index (χ3n) is 3.03. The molecular weight excluding hydrogens is 328 g/mol. The van der Waals surface area contributed by atoms with E-state index in [1.807, 2.05) is 0 Å². The minimum atomic E-state index is -3.95. The van der Waals surface area contributed by atoms with Crippen molar-refractivity contribution >= 4 is 21.7 Å². The number of rotatable bonds is 6. The smallest absolute Gasteiger partial charge is 0.303 e. The van der Waals surface area contributed by atoms with Crippen molar-refractivity contribution in [2.45, 2.75) is 17.7 Å². The average molecular weight is 341 g/mol. The van der Waals surface area contributed by atoms with Crippen LogP contribution in [-0.2, 0) is 21.2 Å². The number of aliphatic carboxylic acids is 1. The molecule has 0 amide bonds. The van der Waals surface area contributed by atoms with Crippen molar-refractivity contribution in [2.75, 3.05) is 4.72 Å². The van der Waals surface area contributed by atoms with Crippen molar-refractivity contribution < 1.29 is 27.1 Å². The summed E-state index contributed by atoms with van der Waals surface area (Å²) in [6.07, 6.45) is 0.228. The van der Waals surface area contributed by atoms with E-state index in [-0.39, 0.29) is 23.4 Å². The van der Waals surface area contributed by atoms with Gasteiger partial charge in [0.15, 0.2) is 11.6 Å². The van der Waals surface area contributed by atoms with Gasteiger partial charge in [0.25, 0.3) is 10.0 Å². The van der Waals surface area contributed by atoms with Gasteiger partial charge in [-0.3, -0.25) is 9.52 Å². The van der Waals surface area contributed by atoms with Crippen LogP contribution in [0.4, 0.5) is 14.5 Å². The number of carbonyl (C=O) groups is 1. The Bertz CT molecular complexity index is 820. The summed E-state index contributed by atoms with van der Waals surface area (Å²) in [5, 5.41) is 8.60. The predicted molar refractivity (Wildman–Crippen MR) is 79.6 cm³/mol. The molecule has 122 valence electrons. The van der Waals surface area contributed by atoms with E-state index in [2.05, 4.69) is 4.72 Å². The lowest BCUT2D eigenvalue weighted by Gasteiger charge is -2.09. The van der Waals surface area contributed by atoms with Crippen molar-refractivity contribution in [1.29, 1.82) is 0 Å². The molecule has 5 nitrogen and oxygen atoms in total. The van der Waals surface area contributed by atoms with Gasteiger partial charge in [0, 0.05) is 12.5 Å². The molecule has 2 rings (SSSR count). The number of aryl methyl sites for hydroxylation is 1. The molecule has 0 aliphatic carbocycles. The molecule has 8 heteroatoms. The van der Waals surface area contributed by atoms with Gasteiger partial charge >= 0.3 is 5.97 Å². The van der Waals surface area contributed by atoms with Crippen LogP contribution >= 0.6 is 0 Å². The summed E-state index contributed by atoms with van der Waals surface area (Å²) in [7, 11) is -3.95. The van der Waals surface area contributed by atoms with Gasteiger partial charge in [-0.25, -0.2) is 17.2 Å². The first-order valence-corrected chi connectivity index (χ1v) is 8.05. The molecule has 2 aromatic rings. The predicted octanol–water partition coefficient (Wildman–Crippen LogP) is 2.78. The molecule has 0 aromatic heterocycles. The Morgan fingerprint density at radius 2 is 1.70 bits per heavy atom. The highest BCUT2D eigenvalue weighted by Crippen LogP contribution is 2.19. The Labute approximate surface area is 131 Å². The number of carboxylic acid groups (broad SMARTS) is 1. The van der Waals surface area contributed by atoms with Gasteiger partial charge < -0.3 is 5.11 Å². The van der Waals surface area contributed by atoms with E-state index in [1.54, 1.807) is 0 Å². The lowest BCUT2D eigenvalue weighted by Crippen LogP contribution is -2.13. The second kappa shape index (κ2) is 6.74. The highest BCUT2D eigenvalue weighted by Gasteiger charge is 2.15. The quantitative estimate of drug-likeness (QED) is 0.846. The number of benzene rings is 2. The van der Waals surface area contributed by atoms with Crippen molar-refractivity contribution in [3.63, 3.8) is 0 Å². The number of halogens is 2. The van der Waals surface area contributed by atoms with Gasteiger partial charge in [0.1, 0.15) is 0 Å². The lowest BCUT2D eigenvalue weighted by atomic mass is 10.1. The number of sulfonamides is 1. The fraction of sp³-hybridized carbons (Fsp3) is 0.133. The van der Waals surface area contributed by atoms with Gasteiger partial charge in [0.2, 0.25) is 0 Å². The summed E-state index contributed by atoms with van der Waals surface area (Å²) >= 11 is 0. The molecule has 0 aliphatic rings. The van der Waals surface area contributed by atoms with Crippen LogP contribution in [0.25, 0.3) is 0 Å². The molecule has 0 heterocycles. The van der Waals surface area contributed by atoms with Crippen LogP contribution in [-0.4, -0.2) is 19.5 Å². The van der Waals surface area contributed by atoms with E-state index in [9.17, 15) is 22.0 Å². The van der Waals surface area contributed by atoms with Crippen LogP contribution in [0.3, 0.4) is 0 Å². The molecule has 0 fully saturated rings. The summed E-state index contributed by atoms with van der Waals surface area (Å²) < 4.78 is 52.4. The molecule has 0 spiro atoms. The fourth-order valence-corrected chi connectivity index (χ4v) is 2.91. The van der Waals surface area contributed by atoms with Crippen molar-refractivity contribution in [3.8, 4) is 0 Å². The first-order valence-electron chi connectivity index (χ1n) is 6.56. The van der Waals surface area contributed by atoms with Crippen LogP contribution in [0, 0.1) is 11.6 Å². The maximum Gasteiger partial charge on any atom is 0.303 e. The standard InChI is InChI=1S/C15H13F2NO4S/c16-13-7-4-11(9-14(13)17)18-23(21,22)12-5-1-10(2-6-12)3-8-15(19)20/h1-2,4-7,9,18H,3,8H2,(H,19,20). The molecule has 2 aromatic carbocycles. The van der Waals surface area contributed by atoms with Gasteiger partial charge in [-0.15, -0.1) is 0 Å². The number of nitrogens with one attached hydrogen (secondary N) is 1. The third-order valence-corrected chi connectivity index (χ3v) is 4.43. The molecule has 0 saturated heterocycles. The Morgan fingerprint density at radius 3 is 2.26 bits per heavy atom. The molecule has 0 unspecified atom stereocenters. The zero-order valence-corrected chi connectivity index (χ0v) is 12.6. The number of hydrogen-bond acceptors (Lipinski definition) is 3. The van der Waals surface area contributed by atoms with Gasteiger partial charge in [-0.05, 0) is 36.2 Å². The second-order valence-electron chi connectivity index (χ2n) is 4.77. The Kier molecular flexibility index (Phi) is 4.95. The molecule has 0 saturated carbocycles. The van der Waals surface area contributed by atoms with Crippen LogP contribution < -0.4 is 4.72 Å². The number of anilines is 1. The van der Waals surface area contributed by atoms with Gasteiger partial charge in [-0.1, -0.05) is 12.1 Å². The van der Waals surface area contributed by atoms with Crippen LogP contribution in [0.5, 0.6) is 0 Å². The summed E-state index contributed by atoms with van der Waals surface area (Å²) in [6.45, 7) is 0. The topological polar surface area (TPSA) is 83.5 Å². The van der Waals surface area contributed by atoms with E-state index in [1.165, 1.54) is 24.3 Å². The molecule has 0 bridgehead atoms. The van der Waals surface area contributed by atoms with Gasteiger partial charge in [0.05, 0.1) is 10.6 Å². The summed E-state index contributed by atoms with van der Waals surface area (Å²) in [4.78, 5) is 10.4. The number of hydrogen-bond donors (Lipinski definition) is 2. The summed E-state index contributed by atoms with van der Waals surface area (Å²) in [5.41, 5.74) is 0.582. The van der Waals surface area contributed by atoms with E-state index in [0.717, 1.165) is 18.2 Å². The minimum absolute atomic E-state index is 0.0563. The Balaban J connectivity index is 2.15. The maximum atomic E-state index is 13.1. The number of carboxylic acids is 1. The first kappa shape index (κ1) is 16.9. The molecule has 0 aliphatic heterocycles. The maximum absolute atomic E-state index is 13.1. The fourth-order valence-electron chi connectivity index (χ4n) is 1.86. The lowest BCUT2D eigenvalue weighted by molar-refractivity contribution is -0.136. The summed E-state index contributed by atoms with van der Waals surface area (Å²) in [5.74, 6) is -3.17. The molecular formula is C15H13F2NO4S. The highest BCUT2D eigenvalue weighted by molar-refractivity contribution is 7.92. The first-order chi connectivity index (χ1) is 10.8.